The molecule has 0 radical (unpaired) electrons. The molecule has 2 rings (SSSR count). The van der Waals surface area contributed by atoms with Crippen molar-refractivity contribution in [3.8, 4) is 5.75 Å². The molecule has 0 saturated heterocycles. The third-order valence-corrected chi connectivity index (χ3v) is 4.03. The summed E-state index contributed by atoms with van der Waals surface area (Å²) in [7, 11) is 0. The van der Waals surface area contributed by atoms with E-state index in [9.17, 15) is 15.0 Å². The fourth-order valence-electron chi connectivity index (χ4n) is 2.55. The largest absolute Gasteiger partial charge is 0.493 e. The van der Waals surface area contributed by atoms with Gasteiger partial charge >= 0.3 is 0 Å². The summed E-state index contributed by atoms with van der Waals surface area (Å²) >= 11 is 0. The first-order valence-corrected chi connectivity index (χ1v) is 7.18. The molecule has 1 amide bonds. The summed E-state index contributed by atoms with van der Waals surface area (Å²) < 4.78 is 5.71. The predicted octanol–water partition coefficient (Wildman–Crippen LogP) is 1.23. The Morgan fingerprint density at radius 2 is 2.05 bits per heavy atom. The van der Waals surface area contributed by atoms with Crippen molar-refractivity contribution in [2.75, 3.05) is 19.8 Å². The maximum Gasteiger partial charge on any atom is 0.231 e. The highest BCUT2D eigenvalue weighted by Crippen LogP contribution is 2.36. The molecule has 1 aliphatic rings. The van der Waals surface area contributed by atoms with Gasteiger partial charge in [-0.3, -0.25) is 4.79 Å². The normalized spacial score (nSPS) is 17.9. The molecule has 1 heterocycles. The van der Waals surface area contributed by atoms with Gasteiger partial charge in [-0.05, 0) is 26.3 Å². The zero-order valence-electron chi connectivity index (χ0n) is 12.8. The molecule has 1 unspecified atom stereocenters. The van der Waals surface area contributed by atoms with Crippen LogP contribution in [0.15, 0.2) is 12.1 Å². The van der Waals surface area contributed by atoms with Crippen molar-refractivity contribution in [3.63, 3.8) is 0 Å². The maximum absolute atomic E-state index is 12.3. The molecule has 5 heteroatoms. The predicted molar refractivity (Wildman–Crippen MR) is 79.2 cm³/mol. The van der Waals surface area contributed by atoms with E-state index >= 15 is 0 Å². The Kier molecular flexibility index (Phi) is 4.54. The monoisotopic (exact) mass is 293 g/mol. The van der Waals surface area contributed by atoms with Gasteiger partial charge in [0.2, 0.25) is 5.91 Å². The summed E-state index contributed by atoms with van der Waals surface area (Å²) in [6.45, 7) is 5.30. The fourth-order valence-corrected chi connectivity index (χ4v) is 2.55. The number of hydrogen-bond donors (Lipinski definition) is 3. The van der Waals surface area contributed by atoms with E-state index < -0.39 is 18.6 Å². The second kappa shape index (κ2) is 6.03. The van der Waals surface area contributed by atoms with Crippen molar-refractivity contribution in [1.29, 1.82) is 0 Å². The number of nitrogens with one attached hydrogen (secondary N) is 1. The molecule has 0 fully saturated rings. The van der Waals surface area contributed by atoms with Crippen molar-refractivity contribution < 1.29 is 19.7 Å². The average molecular weight is 293 g/mol. The summed E-state index contributed by atoms with van der Waals surface area (Å²) in [5.74, 6) is 0.483. The number of carbonyl (C=O) groups excluding carboxylic acids is 1. The van der Waals surface area contributed by atoms with E-state index in [-0.39, 0.29) is 11.9 Å². The summed E-state index contributed by atoms with van der Waals surface area (Å²) in [4.78, 5) is 12.3. The second-order valence-electron chi connectivity index (χ2n) is 6.04. The summed E-state index contributed by atoms with van der Waals surface area (Å²) in [5.41, 5.74) is 1.96. The molecule has 5 nitrogen and oxygen atoms in total. The Balaban J connectivity index is 2.27. The van der Waals surface area contributed by atoms with E-state index in [1.165, 1.54) is 0 Å². The van der Waals surface area contributed by atoms with Gasteiger partial charge in [0.15, 0.2) is 0 Å². The minimum atomic E-state index is -1.17. The third-order valence-electron chi connectivity index (χ3n) is 4.03. The second-order valence-corrected chi connectivity index (χ2v) is 6.04. The van der Waals surface area contributed by atoms with E-state index in [1.54, 1.807) is 6.92 Å². The van der Waals surface area contributed by atoms with Gasteiger partial charge in [-0.1, -0.05) is 17.7 Å². The fraction of sp³-hybridized carbons (Fsp3) is 0.562. The summed E-state index contributed by atoms with van der Waals surface area (Å²) in [6.07, 6.45) is 0.675. The molecule has 21 heavy (non-hydrogen) atoms. The lowest BCUT2D eigenvalue weighted by molar-refractivity contribution is -0.135. The number of fused-ring (bicyclic) bond motifs is 1. The van der Waals surface area contributed by atoms with Crippen LogP contribution < -0.4 is 10.1 Å². The SMILES string of the molecule is Cc1cc(C)c2c(c1)C(NC(=O)C(C)(CO)CO)CCO2. The van der Waals surface area contributed by atoms with Gasteiger partial charge in [0.25, 0.3) is 0 Å². The lowest BCUT2D eigenvalue weighted by Crippen LogP contribution is -2.46. The number of ether oxygens (including phenoxy) is 1. The first-order chi connectivity index (χ1) is 9.91. The van der Waals surface area contributed by atoms with Gasteiger partial charge in [0.05, 0.1) is 31.3 Å². The number of aryl methyl sites for hydroxylation is 2. The molecule has 0 saturated carbocycles. The van der Waals surface area contributed by atoms with Gasteiger partial charge in [0.1, 0.15) is 5.75 Å². The Morgan fingerprint density at radius 1 is 1.38 bits per heavy atom. The van der Waals surface area contributed by atoms with Crippen LogP contribution in [0.25, 0.3) is 0 Å². The van der Waals surface area contributed by atoms with Crippen LogP contribution in [0.4, 0.5) is 0 Å². The molecular formula is C16H23NO4. The topological polar surface area (TPSA) is 78.8 Å². The van der Waals surface area contributed by atoms with Crippen molar-refractivity contribution >= 4 is 5.91 Å². The average Bonchev–Trinajstić information content (AvgIpc) is 2.47. The molecule has 1 aromatic rings. The summed E-state index contributed by atoms with van der Waals surface area (Å²) in [6, 6.07) is 3.91. The van der Waals surface area contributed by atoms with E-state index in [2.05, 4.69) is 11.4 Å². The zero-order valence-corrected chi connectivity index (χ0v) is 12.8. The van der Waals surface area contributed by atoms with E-state index in [1.807, 2.05) is 19.9 Å². The van der Waals surface area contributed by atoms with E-state index in [4.69, 9.17) is 4.74 Å². The molecule has 0 bridgehead atoms. The lowest BCUT2D eigenvalue weighted by Gasteiger charge is -2.31. The molecule has 1 atom stereocenters. The number of aliphatic hydroxyl groups is 2. The first kappa shape index (κ1) is 15.8. The molecule has 3 N–H and O–H groups in total. The zero-order chi connectivity index (χ0) is 15.6. The van der Waals surface area contributed by atoms with Crippen LogP contribution in [0, 0.1) is 19.3 Å². The first-order valence-electron chi connectivity index (χ1n) is 7.18. The van der Waals surface area contributed by atoms with Crippen molar-refractivity contribution in [3.05, 3.63) is 28.8 Å². The van der Waals surface area contributed by atoms with Crippen LogP contribution >= 0.6 is 0 Å². The number of rotatable bonds is 4. The van der Waals surface area contributed by atoms with Crippen LogP contribution in [0.2, 0.25) is 0 Å². The maximum atomic E-state index is 12.3. The number of aliphatic hydroxyl groups excluding tert-OH is 2. The van der Waals surface area contributed by atoms with Crippen molar-refractivity contribution in [2.45, 2.75) is 33.2 Å². The molecule has 1 aromatic carbocycles. The van der Waals surface area contributed by atoms with Gasteiger partial charge in [-0.15, -0.1) is 0 Å². The van der Waals surface area contributed by atoms with Crippen LogP contribution in [0.1, 0.15) is 36.1 Å². The van der Waals surface area contributed by atoms with Gasteiger partial charge in [-0.2, -0.15) is 0 Å². The van der Waals surface area contributed by atoms with Crippen LogP contribution in [-0.4, -0.2) is 35.9 Å². The van der Waals surface area contributed by atoms with Gasteiger partial charge in [-0.25, -0.2) is 0 Å². The van der Waals surface area contributed by atoms with E-state index in [0.29, 0.717) is 13.0 Å². The van der Waals surface area contributed by atoms with Crippen LogP contribution in [0.3, 0.4) is 0 Å². The summed E-state index contributed by atoms with van der Waals surface area (Å²) in [5, 5.41) is 21.6. The molecule has 0 aliphatic carbocycles. The molecule has 0 spiro atoms. The molecule has 1 aliphatic heterocycles. The third kappa shape index (κ3) is 3.04. The Labute approximate surface area is 124 Å². The van der Waals surface area contributed by atoms with E-state index in [0.717, 1.165) is 22.4 Å². The smallest absolute Gasteiger partial charge is 0.231 e. The Hall–Kier alpha value is -1.59. The van der Waals surface area contributed by atoms with Crippen molar-refractivity contribution in [1.82, 2.24) is 5.32 Å². The minimum Gasteiger partial charge on any atom is -0.493 e. The number of carbonyl (C=O) groups is 1. The van der Waals surface area contributed by atoms with Crippen LogP contribution in [0.5, 0.6) is 5.75 Å². The minimum absolute atomic E-state index is 0.155. The Bertz CT molecular complexity index is 537. The number of hydrogen-bond acceptors (Lipinski definition) is 4. The highest BCUT2D eigenvalue weighted by Gasteiger charge is 2.35. The van der Waals surface area contributed by atoms with Crippen LogP contribution in [-0.2, 0) is 4.79 Å². The highest BCUT2D eigenvalue weighted by atomic mass is 16.5. The molecule has 0 aromatic heterocycles. The van der Waals surface area contributed by atoms with Gasteiger partial charge in [0, 0.05) is 12.0 Å². The van der Waals surface area contributed by atoms with Crippen molar-refractivity contribution in [2.24, 2.45) is 5.41 Å². The highest BCUT2D eigenvalue weighted by molar-refractivity contribution is 5.83. The molecule has 116 valence electrons. The number of amides is 1. The standard InChI is InChI=1S/C16H23NO4/c1-10-6-11(2)14-12(7-10)13(4-5-21-14)17-15(20)16(3,8-18)9-19/h6-7,13,18-19H,4-5,8-9H2,1-3H3,(H,17,20). The number of benzene rings is 1. The lowest BCUT2D eigenvalue weighted by atomic mass is 9.89. The quantitative estimate of drug-likeness (QED) is 0.780. The molecular weight excluding hydrogens is 270 g/mol. The Morgan fingerprint density at radius 3 is 2.67 bits per heavy atom. The van der Waals surface area contributed by atoms with Gasteiger partial charge < -0.3 is 20.3 Å².